The fourth-order valence-corrected chi connectivity index (χ4v) is 6.31. The van der Waals surface area contributed by atoms with Crippen LogP contribution < -0.4 is 24.4 Å². The molecule has 2 heterocycles. The number of nitriles is 1. The number of carbonyl (C=O) groups excluding carboxylic acids is 1. The number of ether oxygens (including phenoxy) is 3. The molecule has 8 nitrogen and oxygen atoms in total. The zero-order chi connectivity index (χ0) is 30.7. The van der Waals surface area contributed by atoms with E-state index in [9.17, 15) is 14.9 Å². The van der Waals surface area contributed by atoms with E-state index in [1.54, 1.807) is 56.7 Å². The average Bonchev–Trinajstić information content (AvgIpc) is 3.29. The zero-order valence-electron chi connectivity index (χ0n) is 24.0. The molecule has 0 amide bonds. The number of halogens is 1. The minimum Gasteiger partial charge on any atom is -0.497 e. The highest BCUT2D eigenvalue weighted by Gasteiger charge is 2.33. The van der Waals surface area contributed by atoms with Crippen molar-refractivity contribution in [3.63, 3.8) is 0 Å². The highest BCUT2D eigenvalue weighted by atomic mass is 79.9. The Morgan fingerprint density at radius 2 is 1.91 bits per heavy atom. The third-order valence-corrected chi connectivity index (χ3v) is 8.39. The van der Waals surface area contributed by atoms with Gasteiger partial charge in [0.15, 0.2) is 4.80 Å². The molecule has 0 saturated carbocycles. The highest BCUT2D eigenvalue weighted by Crippen LogP contribution is 2.32. The van der Waals surface area contributed by atoms with Gasteiger partial charge in [0, 0.05) is 5.56 Å². The van der Waals surface area contributed by atoms with Gasteiger partial charge in [-0.15, -0.1) is 0 Å². The first-order valence-electron chi connectivity index (χ1n) is 13.5. The van der Waals surface area contributed by atoms with Crippen molar-refractivity contribution in [1.29, 1.82) is 5.26 Å². The molecule has 0 bridgehead atoms. The normalized spacial score (nSPS) is 14.6. The van der Waals surface area contributed by atoms with Crippen LogP contribution in [-0.4, -0.2) is 23.8 Å². The molecule has 0 N–H and O–H groups in total. The van der Waals surface area contributed by atoms with Crippen molar-refractivity contribution in [2.75, 3.05) is 7.11 Å². The van der Waals surface area contributed by atoms with Gasteiger partial charge in [0.2, 0.25) is 0 Å². The van der Waals surface area contributed by atoms with Gasteiger partial charge in [-0.3, -0.25) is 9.36 Å². The number of esters is 1. The van der Waals surface area contributed by atoms with E-state index in [4.69, 9.17) is 14.2 Å². The summed E-state index contributed by atoms with van der Waals surface area (Å²) in [5.41, 5.74) is 3.42. The number of carbonyl (C=O) groups is 1. The summed E-state index contributed by atoms with van der Waals surface area (Å²) < 4.78 is 19.6. The molecular formula is C33H28BrN3O5S. The summed E-state index contributed by atoms with van der Waals surface area (Å²) in [5, 5.41) is 9.34. The molecule has 3 aromatic carbocycles. The lowest BCUT2D eigenvalue weighted by Crippen LogP contribution is -2.40. The van der Waals surface area contributed by atoms with Gasteiger partial charge < -0.3 is 14.2 Å². The molecule has 0 fully saturated rings. The van der Waals surface area contributed by atoms with E-state index < -0.39 is 12.0 Å². The molecule has 10 heteroatoms. The van der Waals surface area contributed by atoms with Gasteiger partial charge in [-0.2, -0.15) is 5.26 Å². The maximum Gasteiger partial charge on any atom is 0.338 e. The largest absolute Gasteiger partial charge is 0.497 e. The Morgan fingerprint density at radius 1 is 1.16 bits per heavy atom. The number of allylic oxidation sites excluding steroid dienone is 1. The van der Waals surface area contributed by atoms with Crippen LogP contribution in [0.2, 0.25) is 0 Å². The Labute approximate surface area is 260 Å². The lowest BCUT2D eigenvalue weighted by molar-refractivity contribution is -0.143. The Kier molecular flexibility index (Phi) is 8.94. The maximum absolute atomic E-state index is 13.9. The molecule has 0 saturated heterocycles. The van der Waals surface area contributed by atoms with Crippen molar-refractivity contribution < 1.29 is 19.0 Å². The van der Waals surface area contributed by atoms with Gasteiger partial charge in [0.25, 0.3) is 5.56 Å². The number of hydrogen-bond donors (Lipinski definition) is 0. The van der Waals surface area contributed by atoms with Crippen LogP contribution in [0.3, 0.4) is 0 Å². The van der Waals surface area contributed by atoms with Crippen LogP contribution in [0.25, 0.3) is 6.08 Å². The lowest BCUT2D eigenvalue weighted by Gasteiger charge is -2.25. The summed E-state index contributed by atoms with van der Waals surface area (Å²) in [4.78, 5) is 32.3. The Bertz CT molecular complexity index is 1950. The molecule has 0 aliphatic carbocycles. The predicted molar refractivity (Wildman–Crippen MR) is 168 cm³/mol. The third-order valence-electron chi connectivity index (χ3n) is 6.79. The van der Waals surface area contributed by atoms with Gasteiger partial charge in [-0.1, -0.05) is 47.7 Å². The van der Waals surface area contributed by atoms with Gasteiger partial charge in [-0.25, -0.2) is 9.79 Å². The smallest absolute Gasteiger partial charge is 0.338 e. The fraction of sp³-hybridized carbons (Fsp3) is 0.212. The van der Waals surface area contributed by atoms with Crippen molar-refractivity contribution >= 4 is 39.3 Å². The maximum atomic E-state index is 13.9. The number of nitrogens with zero attached hydrogens (tertiary/aromatic N) is 3. The molecule has 1 aliphatic heterocycles. The quantitative estimate of drug-likeness (QED) is 0.235. The second-order valence-electron chi connectivity index (χ2n) is 10.1. The van der Waals surface area contributed by atoms with Crippen LogP contribution in [0.4, 0.5) is 0 Å². The summed E-state index contributed by atoms with van der Waals surface area (Å²) in [6, 6.07) is 21.6. The molecule has 0 spiro atoms. The number of hydrogen-bond acceptors (Lipinski definition) is 8. The lowest BCUT2D eigenvalue weighted by atomic mass is 9.96. The van der Waals surface area contributed by atoms with E-state index in [0.29, 0.717) is 42.1 Å². The summed E-state index contributed by atoms with van der Waals surface area (Å²) in [6.45, 7) is 5.57. The van der Waals surface area contributed by atoms with E-state index in [0.717, 1.165) is 16.7 Å². The summed E-state index contributed by atoms with van der Waals surface area (Å²) in [5.74, 6) is 0.758. The third kappa shape index (κ3) is 6.33. The van der Waals surface area contributed by atoms with Crippen molar-refractivity contribution in [2.45, 2.75) is 39.5 Å². The van der Waals surface area contributed by atoms with Crippen molar-refractivity contribution in [1.82, 2.24) is 4.57 Å². The molecule has 1 aliphatic rings. The minimum absolute atomic E-state index is 0.243. The number of fused-ring (bicyclic) bond motifs is 1. The fourth-order valence-electron chi connectivity index (χ4n) is 4.75. The highest BCUT2D eigenvalue weighted by molar-refractivity contribution is 9.10. The molecule has 1 aromatic heterocycles. The van der Waals surface area contributed by atoms with Crippen molar-refractivity contribution in [2.24, 2.45) is 4.99 Å². The second-order valence-corrected chi connectivity index (χ2v) is 11.9. The van der Waals surface area contributed by atoms with Gasteiger partial charge in [0.1, 0.15) is 18.1 Å². The topological polar surface area (TPSA) is 103 Å². The Balaban J connectivity index is 1.52. The summed E-state index contributed by atoms with van der Waals surface area (Å²) in [7, 11) is 1.58. The summed E-state index contributed by atoms with van der Waals surface area (Å²) in [6.07, 6.45) is 1.46. The van der Waals surface area contributed by atoms with Crippen LogP contribution in [-0.2, 0) is 16.1 Å². The van der Waals surface area contributed by atoms with Gasteiger partial charge in [0.05, 0.1) is 51.2 Å². The zero-order valence-corrected chi connectivity index (χ0v) is 26.4. The first-order chi connectivity index (χ1) is 20.7. The minimum atomic E-state index is -0.714. The number of methoxy groups -OCH3 is 1. The number of aromatic nitrogens is 1. The van der Waals surface area contributed by atoms with E-state index in [1.807, 2.05) is 48.5 Å². The SMILES string of the molecule is COc1ccc([C@@H]2C(C(=O)OC(C)C)=C(C)N=c3s/c(=C/c4ccc(OCc5ccccc5C#N)c(Br)c4)c(=O)n32)cc1. The van der Waals surface area contributed by atoms with Crippen LogP contribution >= 0.6 is 27.3 Å². The summed E-state index contributed by atoms with van der Waals surface area (Å²) >= 11 is 4.83. The average molecular weight is 659 g/mol. The Hall–Kier alpha value is -4.46. The van der Waals surface area contributed by atoms with Gasteiger partial charge in [-0.05, 0) is 84.2 Å². The van der Waals surface area contributed by atoms with E-state index in [-0.39, 0.29) is 18.3 Å². The molecule has 4 aromatic rings. The van der Waals surface area contributed by atoms with Crippen LogP contribution in [0.5, 0.6) is 11.5 Å². The molecule has 0 radical (unpaired) electrons. The molecular weight excluding hydrogens is 630 g/mol. The second kappa shape index (κ2) is 12.8. The molecule has 43 heavy (non-hydrogen) atoms. The standard InChI is InChI=1S/C33H28BrN3O5S/c1-19(2)42-32(39)29-20(3)36-33-37(30(29)22-10-12-25(40-4)13-11-22)31(38)28(43-33)16-21-9-14-27(26(34)15-21)41-18-24-8-6-5-7-23(24)17-35/h5-16,19,30H,18H2,1-4H3/b28-16+/t30-/m1/s1. The first kappa shape index (κ1) is 30.0. The van der Waals surface area contributed by atoms with Crippen molar-refractivity contribution in [3.8, 4) is 17.6 Å². The Morgan fingerprint density at radius 3 is 2.58 bits per heavy atom. The molecule has 5 rings (SSSR count). The number of thiazole rings is 1. The van der Waals surface area contributed by atoms with Gasteiger partial charge >= 0.3 is 5.97 Å². The molecule has 0 unspecified atom stereocenters. The predicted octanol–water partition coefficient (Wildman–Crippen LogP) is 5.41. The number of benzene rings is 3. The monoisotopic (exact) mass is 657 g/mol. The van der Waals surface area contributed by atoms with E-state index >= 15 is 0 Å². The molecule has 1 atom stereocenters. The number of rotatable bonds is 8. The van der Waals surface area contributed by atoms with Crippen LogP contribution in [0.15, 0.2) is 92.3 Å². The van der Waals surface area contributed by atoms with Crippen molar-refractivity contribution in [3.05, 3.63) is 124 Å². The molecule has 218 valence electrons. The van der Waals surface area contributed by atoms with Crippen LogP contribution in [0, 0.1) is 11.3 Å². The first-order valence-corrected chi connectivity index (χ1v) is 15.1. The van der Waals surface area contributed by atoms with E-state index in [2.05, 4.69) is 27.0 Å². The van der Waals surface area contributed by atoms with E-state index in [1.165, 1.54) is 11.3 Å². The van der Waals surface area contributed by atoms with Crippen LogP contribution in [0.1, 0.15) is 49.1 Å².